The van der Waals surface area contributed by atoms with Gasteiger partial charge in [-0.05, 0) is 49.7 Å². The van der Waals surface area contributed by atoms with Crippen LogP contribution >= 0.6 is 0 Å². The van der Waals surface area contributed by atoms with Gasteiger partial charge in [0.15, 0.2) is 6.10 Å². The van der Waals surface area contributed by atoms with Crippen molar-refractivity contribution < 1.29 is 19.1 Å². The standard InChI is InChI=1S/C20H24N2O4/c1-4-7-19(23)21-17-8-5-6-9-18(17)22-20(24)14(2)26-16-12-10-15(25-3)11-13-16/h5-6,8-14H,4,7H2,1-3H3,(H,21,23)(H,22,24)/t14-/m0/s1. The van der Waals surface area contributed by atoms with Crippen LogP contribution < -0.4 is 20.1 Å². The van der Waals surface area contributed by atoms with E-state index in [9.17, 15) is 9.59 Å². The van der Waals surface area contributed by atoms with Crippen LogP contribution in [0.5, 0.6) is 11.5 Å². The first-order valence-electron chi connectivity index (χ1n) is 8.54. The van der Waals surface area contributed by atoms with Crippen molar-refractivity contribution in [3.63, 3.8) is 0 Å². The van der Waals surface area contributed by atoms with E-state index in [4.69, 9.17) is 9.47 Å². The number of anilines is 2. The van der Waals surface area contributed by atoms with Crippen LogP contribution in [-0.4, -0.2) is 25.0 Å². The number of para-hydroxylation sites is 2. The first-order valence-corrected chi connectivity index (χ1v) is 8.54. The zero-order valence-corrected chi connectivity index (χ0v) is 15.2. The molecule has 0 aromatic heterocycles. The van der Waals surface area contributed by atoms with Crippen LogP contribution in [0, 0.1) is 0 Å². The number of carbonyl (C=O) groups is 2. The van der Waals surface area contributed by atoms with Crippen molar-refractivity contribution in [3.05, 3.63) is 48.5 Å². The van der Waals surface area contributed by atoms with Crippen molar-refractivity contribution >= 4 is 23.2 Å². The minimum atomic E-state index is -0.706. The van der Waals surface area contributed by atoms with E-state index >= 15 is 0 Å². The van der Waals surface area contributed by atoms with Gasteiger partial charge in [0.2, 0.25) is 5.91 Å². The molecule has 0 saturated heterocycles. The molecular weight excluding hydrogens is 332 g/mol. The molecule has 0 aliphatic carbocycles. The fourth-order valence-corrected chi connectivity index (χ4v) is 2.29. The molecule has 2 N–H and O–H groups in total. The number of methoxy groups -OCH3 is 1. The number of rotatable bonds is 8. The van der Waals surface area contributed by atoms with Gasteiger partial charge in [0.1, 0.15) is 11.5 Å². The van der Waals surface area contributed by atoms with Crippen molar-refractivity contribution in [1.82, 2.24) is 0 Å². The normalized spacial score (nSPS) is 11.3. The zero-order chi connectivity index (χ0) is 18.9. The molecule has 138 valence electrons. The molecular formula is C20H24N2O4. The van der Waals surface area contributed by atoms with Crippen LogP contribution in [-0.2, 0) is 9.59 Å². The summed E-state index contributed by atoms with van der Waals surface area (Å²) in [5, 5.41) is 5.61. The van der Waals surface area contributed by atoms with Crippen LogP contribution in [0.2, 0.25) is 0 Å². The molecule has 0 heterocycles. The van der Waals surface area contributed by atoms with E-state index in [1.54, 1.807) is 62.6 Å². The van der Waals surface area contributed by atoms with Crippen molar-refractivity contribution in [2.24, 2.45) is 0 Å². The van der Waals surface area contributed by atoms with Gasteiger partial charge in [0.05, 0.1) is 18.5 Å². The molecule has 0 bridgehead atoms. The predicted molar refractivity (Wildman–Crippen MR) is 102 cm³/mol. The van der Waals surface area contributed by atoms with Crippen LogP contribution in [0.3, 0.4) is 0 Å². The molecule has 6 heteroatoms. The molecule has 26 heavy (non-hydrogen) atoms. The summed E-state index contributed by atoms with van der Waals surface area (Å²) in [6.07, 6.45) is 0.481. The maximum atomic E-state index is 12.4. The lowest BCUT2D eigenvalue weighted by Gasteiger charge is -2.17. The second-order valence-corrected chi connectivity index (χ2v) is 5.77. The molecule has 0 unspecified atom stereocenters. The second-order valence-electron chi connectivity index (χ2n) is 5.77. The van der Waals surface area contributed by atoms with Gasteiger partial charge in [-0.3, -0.25) is 9.59 Å². The highest BCUT2D eigenvalue weighted by molar-refractivity contribution is 6.00. The monoisotopic (exact) mass is 356 g/mol. The lowest BCUT2D eigenvalue weighted by atomic mass is 10.2. The van der Waals surface area contributed by atoms with E-state index in [1.807, 2.05) is 6.92 Å². The lowest BCUT2D eigenvalue weighted by Crippen LogP contribution is -2.30. The van der Waals surface area contributed by atoms with Gasteiger partial charge in [0, 0.05) is 6.42 Å². The Morgan fingerprint density at radius 1 is 0.962 bits per heavy atom. The summed E-state index contributed by atoms with van der Waals surface area (Å²) in [5.74, 6) is 0.888. The molecule has 0 aliphatic rings. The summed E-state index contributed by atoms with van der Waals surface area (Å²) in [4.78, 5) is 24.2. The van der Waals surface area contributed by atoms with Gasteiger partial charge in [-0.1, -0.05) is 19.1 Å². The summed E-state index contributed by atoms with van der Waals surface area (Å²) in [6, 6.07) is 14.1. The Kier molecular flexibility index (Phi) is 7.02. The molecule has 2 aromatic carbocycles. The number of ether oxygens (including phenoxy) is 2. The number of benzene rings is 2. The van der Waals surface area contributed by atoms with Crippen molar-refractivity contribution in [1.29, 1.82) is 0 Å². The third kappa shape index (κ3) is 5.51. The van der Waals surface area contributed by atoms with Crippen molar-refractivity contribution in [2.45, 2.75) is 32.8 Å². The third-order valence-corrected chi connectivity index (χ3v) is 3.68. The largest absolute Gasteiger partial charge is 0.497 e. The number of hydrogen-bond donors (Lipinski definition) is 2. The van der Waals surface area contributed by atoms with Gasteiger partial charge >= 0.3 is 0 Å². The van der Waals surface area contributed by atoms with E-state index < -0.39 is 6.10 Å². The first-order chi connectivity index (χ1) is 12.5. The zero-order valence-electron chi connectivity index (χ0n) is 15.2. The molecule has 0 aliphatic heterocycles. The molecule has 2 amide bonds. The highest BCUT2D eigenvalue weighted by Crippen LogP contribution is 2.22. The molecule has 0 saturated carbocycles. The second kappa shape index (κ2) is 9.46. The topological polar surface area (TPSA) is 76.7 Å². The SMILES string of the molecule is CCCC(=O)Nc1ccccc1NC(=O)[C@H](C)Oc1ccc(OC)cc1. The van der Waals surface area contributed by atoms with Crippen LogP contribution in [0.15, 0.2) is 48.5 Å². The number of hydrogen-bond acceptors (Lipinski definition) is 4. The summed E-state index contributed by atoms with van der Waals surface area (Å²) >= 11 is 0. The number of carbonyl (C=O) groups excluding carboxylic acids is 2. The molecule has 6 nitrogen and oxygen atoms in total. The van der Waals surface area contributed by atoms with Gasteiger partial charge < -0.3 is 20.1 Å². The maximum absolute atomic E-state index is 12.4. The van der Waals surface area contributed by atoms with E-state index in [0.717, 1.165) is 6.42 Å². The number of nitrogens with one attached hydrogen (secondary N) is 2. The summed E-state index contributed by atoms with van der Waals surface area (Å²) < 4.78 is 10.7. The first kappa shape index (κ1) is 19.3. The van der Waals surface area contributed by atoms with Gasteiger partial charge in [-0.25, -0.2) is 0 Å². The Hall–Kier alpha value is -3.02. The van der Waals surface area contributed by atoms with Crippen molar-refractivity contribution in [2.75, 3.05) is 17.7 Å². The Bertz CT molecular complexity index is 744. The molecule has 0 spiro atoms. The molecule has 2 rings (SSSR count). The van der Waals surface area contributed by atoms with Gasteiger partial charge in [-0.2, -0.15) is 0 Å². The van der Waals surface area contributed by atoms with Gasteiger partial charge in [0.25, 0.3) is 5.91 Å². The van der Waals surface area contributed by atoms with Gasteiger partial charge in [-0.15, -0.1) is 0 Å². The highest BCUT2D eigenvalue weighted by atomic mass is 16.5. The Morgan fingerprint density at radius 2 is 1.54 bits per heavy atom. The fourth-order valence-electron chi connectivity index (χ4n) is 2.29. The highest BCUT2D eigenvalue weighted by Gasteiger charge is 2.17. The maximum Gasteiger partial charge on any atom is 0.265 e. The van der Waals surface area contributed by atoms with E-state index in [1.165, 1.54) is 0 Å². The minimum absolute atomic E-state index is 0.0864. The van der Waals surface area contributed by atoms with E-state index in [-0.39, 0.29) is 11.8 Å². The molecule has 2 aromatic rings. The van der Waals surface area contributed by atoms with Crippen LogP contribution in [0.1, 0.15) is 26.7 Å². The average Bonchev–Trinajstić information content (AvgIpc) is 2.64. The van der Waals surface area contributed by atoms with E-state index in [2.05, 4.69) is 10.6 Å². The minimum Gasteiger partial charge on any atom is -0.497 e. The summed E-state index contributed by atoms with van der Waals surface area (Å²) in [5.41, 5.74) is 1.10. The Balaban J connectivity index is 2.00. The number of amides is 2. The average molecular weight is 356 g/mol. The smallest absolute Gasteiger partial charge is 0.265 e. The Morgan fingerprint density at radius 3 is 2.12 bits per heavy atom. The van der Waals surface area contributed by atoms with E-state index in [0.29, 0.717) is 29.3 Å². The molecule has 0 radical (unpaired) electrons. The van der Waals surface area contributed by atoms with Crippen LogP contribution in [0.4, 0.5) is 11.4 Å². The fraction of sp³-hybridized carbons (Fsp3) is 0.300. The quantitative estimate of drug-likeness (QED) is 0.753. The summed E-state index contributed by atoms with van der Waals surface area (Å²) in [6.45, 7) is 3.60. The molecule has 1 atom stereocenters. The van der Waals surface area contributed by atoms with Crippen LogP contribution in [0.25, 0.3) is 0 Å². The molecule has 0 fully saturated rings. The Labute approximate surface area is 153 Å². The lowest BCUT2D eigenvalue weighted by molar-refractivity contribution is -0.122. The predicted octanol–water partition coefficient (Wildman–Crippen LogP) is 3.84. The third-order valence-electron chi connectivity index (χ3n) is 3.68. The van der Waals surface area contributed by atoms with Crippen molar-refractivity contribution in [3.8, 4) is 11.5 Å². The summed E-state index contributed by atoms with van der Waals surface area (Å²) in [7, 11) is 1.59.